The highest BCUT2D eigenvalue weighted by atomic mass is 16.6. The van der Waals surface area contributed by atoms with E-state index in [1.165, 1.54) is 7.11 Å². The summed E-state index contributed by atoms with van der Waals surface area (Å²) in [4.78, 5) is 37.6. The van der Waals surface area contributed by atoms with E-state index in [0.29, 0.717) is 25.7 Å². The first-order valence-electron chi connectivity index (χ1n) is 11.6. The largest absolute Gasteiger partial charge is 0.481 e. The van der Waals surface area contributed by atoms with Crippen LogP contribution in [0.2, 0.25) is 0 Å². The first kappa shape index (κ1) is 26.9. The van der Waals surface area contributed by atoms with Crippen molar-refractivity contribution in [3.05, 3.63) is 23.2 Å². The van der Waals surface area contributed by atoms with Crippen molar-refractivity contribution in [1.82, 2.24) is 0 Å². The highest BCUT2D eigenvalue weighted by Crippen LogP contribution is 2.48. The second-order valence-corrected chi connectivity index (χ2v) is 10.1. The summed E-state index contributed by atoms with van der Waals surface area (Å²) in [5.41, 5.74) is 5.90. The summed E-state index contributed by atoms with van der Waals surface area (Å²) in [6.45, 7) is 9.38. The van der Waals surface area contributed by atoms with E-state index >= 15 is 0 Å². The lowest BCUT2D eigenvalue weighted by atomic mass is 9.72. The van der Waals surface area contributed by atoms with Crippen LogP contribution in [0, 0.1) is 23.2 Å². The summed E-state index contributed by atoms with van der Waals surface area (Å²) in [6, 6.07) is 0. The Labute approximate surface area is 195 Å². The number of carbonyl (C=O) groups excluding carboxylic acids is 2. The molecule has 2 rings (SSSR count). The number of methoxy groups -OCH3 is 1. The highest BCUT2D eigenvalue weighted by Gasteiger charge is 2.58. The topological polar surface area (TPSA) is 136 Å². The monoisotopic (exact) mass is 467 g/mol. The van der Waals surface area contributed by atoms with E-state index in [-0.39, 0.29) is 36.0 Å². The molecule has 1 heterocycles. The Balaban J connectivity index is 2.62. The van der Waals surface area contributed by atoms with Gasteiger partial charge in [-0.2, -0.15) is 0 Å². The molecule has 0 saturated heterocycles. The predicted molar refractivity (Wildman–Crippen MR) is 120 cm³/mol. The van der Waals surface area contributed by atoms with Crippen molar-refractivity contribution in [2.24, 2.45) is 28.9 Å². The Hall–Kier alpha value is -2.39. The fraction of sp³-hybridized carbons (Fsp3) is 0.708. The molecule has 1 aliphatic heterocycles. The molecular weight excluding hydrogens is 428 g/mol. The minimum absolute atomic E-state index is 0.0443. The van der Waals surface area contributed by atoms with Gasteiger partial charge in [0, 0.05) is 11.8 Å². The highest BCUT2D eigenvalue weighted by molar-refractivity contribution is 5.79. The average molecular weight is 468 g/mol. The van der Waals surface area contributed by atoms with Gasteiger partial charge in [-0.3, -0.25) is 9.59 Å². The fourth-order valence-electron chi connectivity index (χ4n) is 4.86. The molecule has 4 N–H and O–H groups in total. The number of carboxylic acids is 1. The molecule has 0 aromatic rings. The number of allylic oxidation sites excluding steroid dienone is 1. The lowest BCUT2D eigenvalue weighted by molar-refractivity contribution is -1.01. The molecule has 0 bridgehead atoms. The number of quaternary nitrogens is 1. The van der Waals surface area contributed by atoms with Crippen LogP contribution in [0.3, 0.4) is 0 Å². The molecule has 0 saturated carbocycles. The number of hydrogen-bond donors (Lipinski definition) is 3. The van der Waals surface area contributed by atoms with Gasteiger partial charge in [0.2, 0.25) is 5.70 Å². The number of carbonyl (C=O) groups is 3. The van der Waals surface area contributed by atoms with Crippen LogP contribution in [-0.4, -0.2) is 52.6 Å². The van der Waals surface area contributed by atoms with Crippen LogP contribution >= 0.6 is 0 Å². The van der Waals surface area contributed by atoms with Gasteiger partial charge in [-0.25, -0.2) is 10.0 Å². The zero-order valence-electron chi connectivity index (χ0n) is 20.6. The van der Waals surface area contributed by atoms with E-state index in [1.807, 2.05) is 34.6 Å². The van der Waals surface area contributed by atoms with Crippen LogP contribution in [0.1, 0.15) is 66.7 Å². The van der Waals surface area contributed by atoms with Crippen molar-refractivity contribution in [3.63, 3.8) is 0 Å². The minimum Gasteiger partial charge on any atom is -0.481 e. The van der Waals surface area contributed by atoms with Crippen molar-refractivity contribution >= 4 is 17.8 Å². The molecule has 1 amide bonds. The van der Waals surface area contributed by atoms with Crippen molar-refractivity contribution < 1.29 is 38.8 Å². The predicted octanol–water partition coefficient (Wildman–Crippen LogP) is 3.33. The molecule has 2 aliphatic rings. The van der Waals surface area contributed by atoms with Gasteiger partial charge in [0.15, 0.2) is 18.4 Å². The van der Waals surface area contributed by atoms with Gasteiger partial charge in [-0.1, -0.05) is 45.7 Å². The Morgan fingerprint density at radius 1 is 1.30 bits per heavy atom. The van der Waals surface area contributed by atoms with Crippen LogP contribution < -0.4 is 5.73 Å². The number of nitrogens with two attached hydrogens (primary N) is 1. The maximum atomic E-state index is 13.8. The van der Waals surface area contributed by atoms with Gasteiger partial charge in [0.1, 0.15) is 5.92 Å². The van der Waals surface area contributed by atoms with Gasteiger partial charge < -0.3 is 20.3 Å². The molecule has 0 aromatic heterocycles. The maximum Gasteiger partial charge on any atom is 0.354 e. The molecule has 1 aliphatic carbocycles. The third-order valence-corrected chi connectivity index (χ3v) is 6.61. The Morgan fingerprint density at radius 2 is 1.94 bits per heavy atom. The van der Waals surface area contributed by atoms with Gasteiger partial charge in [0.25, 0.3) is 0 Å². The van der Waals surface area contributed by atoms with Crippen LogP contribution in [0.15, 0.2) is 23.2 Å². The first-order chi connectivity index (χ1) is 15.3. The number of nitrogens with zero attached hydrogens (tertiary/aromatic N) is 1. The summed E-state index contributed by atoms with van der Waals surface area (Å²) < 4.78 is 10.2. The van der Waals surface area contributed by atoms with Gasteiger partial charge in [0.05, 0.1) is 18.7 Å². The average Bonchev–Trinajstić information content (AvgIpc) is 2.70. The number of hydrogen-bond acceptors (Lipinski definition) is 7. The Bertz CT molecular complexity index is 846. The van der Waals surface area contributed by atoms with Gasteiger partial charge in [-0.05, 0) is 31.3 Å². The number of amides is 1. The molecule has 0 spiro atoms. The lowest BCUT2D eigenvalue weighted by Gasteiger charge is -2.45. The number of ether oxygens (including phenoxy) is 2. The summed E-state index contributed by atoms with van der Waals surface area (Å²) in [6.07, 6.45) is 2.95. The lowest BCUT2D eigenvalue weighted by Crippen LogP contribution is -2.62. The van der Waals surface area contributed by atoms with E-state index in [1.54, 1.807) is 6.08 Å². The van der Waals surface area contributed by atoms with E-state index in [0.717, 1.165) is 0 Å². The van der Waals surface area contributed by atoms with Crippen LogP contribution in [0.4, 0.5) is 0 Å². The van der Waals surface area contributed by atoms with Crippen LogP contribution in [0.5, 0.6) is 0 Å². The van der Waals surface area contributed by atoms with E-state index < -0.39 is 45.8 Å². The number of aliphatic carboxylic acids is 1. The van der Waals surface area contributed by atoms with Crippen molar-refractivity contribution in [1.29, 1.82) is 0 Å². The molecule has 9 nitrogen and oxygen atoms in total. The minimum atomic E-state index is -1.07. The standard InChI is InChI=1S/C24H38N2O7/c1-7-9-15(10-8-11-18(27)28)22(29)26(31)13-17(14(2)3)33-21-19(23(30)32-6)24(4,5)12-16(25)20(21)26/h12,14-15,17,19,31H,7-11,13,25H2,1-6H3/p+1/t15-,17-,19-,26-/m0/s1. The summed E-state index contributed by atoms with van der Waals surface area (Å²) >= 11 is 0. The molecule has 4 atom stereocenters. The number of rotatable bonds is 9. The fourth-order valence-corrected chi connectivity index (χ4v) is 4.86. The van der Waals surface area contributed by atoms with Crippen molar-refractivity contribution in [3.8, 4) is 0 Å². The van der Waals surface area contributed by atoms with Crippen molar-refractivity contribution in [2.45, 2.75) is 72.8 Å². The molecule has 0 radical (unpaired) electrons. The van der Waals surface area contributed by atoms with E-state index in [2.05, 4.69) is 0 Å². The molecule has 33 heavy (non-hydrogen) atoms. The molecule has 9 heteroatoms. The van der Waals surface area contributed by atoms with Gasteiger partial charge >= 0.3 is 17.8 Å². The van der Waals surface area contributed by atoms with Crippen LogP contribution in [-0.2, 0) is 23.9 Å². The van der Waals surface area contributed by atoms with Crippen LogP contribution in [0.25, 0.3) is 0 Å². The summed E-state index contributed by atoms with van der Waals surface area (Å²) in [5.74, 6) is -3.23. The van der Waals surface area contributed by atoms with Crippen molar-refractivity contribution in [2.75, 3.05) is 13.7 Å². The summed E-state index contributed by atoms with van der Waals surface area (Å²) in [5, 5.41) is 20.9. The molecule has 186 valence electrons. The zero-order chi connectivity index (χ0) is 25.1. The maximum absolute atomic E-state index is 13.8. The summed E-state index contributed by atoms with van der Waals surface area (Å²) in [7, 11) is 1.29. The normalized spacial score (nSPS) is 27.3. The SMILES string of the molecule is CCC[C@@H](CCCC(=O)O)C(=O)[N@+]1(O)C[C@@H](C(C)C)OC2=C1C(N)=CC(C)(C)[C@@H]2C(=O)OC. The smallest absolute Gasteiger partial charge is 0.354 e. The van der Waals surface area contributed by atoms with Gasteiger partial charge in [-0.15, -0.1) is 0 Å². The van der Waals surface area contributed by atoms with E-state index in [4.69, 9.17) is 20.3 Å². The third kappa shape index (κ3) is 5.41. The number of esters is 1. The quantitative estimate of drug-likeness (QED) is 0.267. The number of carboxylic acid groups (broad SMARTS) is 1. The molecule has 0 fully saturated rings. The molecular formula is C24H39N2O7+. The zero-order valence-corrected chi connectivity index (χ0v) is 20.6. The van der Waals surface area contributed by atoms with E-state index in [9.17, 15) is 19.6 Å². The number of hydroxylamine groups is 3. The first-order valence-corrected chi connectivity index (χ1v) is 11.6. The Kier molecular flexibility index (Phi) is 8.35. The second kappa shape index (κ2) is 10.3. The second-order valence-electron chi connectivity index (χ2n) is 10.1. The molecule has 0 aromatic carbocycles. The molecule has 0 unspecified atom stereocenters. The Morgan fingerprint density at radius 3 is 2.45 bits per heavy atom. The third-order valence-electron chi connectivity index (χ3n) is 6.61.